The standard InChI is InChI=1S/C17H18ClN5O2/c1-11-17(23-8-7-19-10-15(23)21-11)20-6-5-16(24)22-13-9-12(18)3-4-14(13)25-2/h3-4,7-10,20H,5-6H2,1-2H3,(H,22,24). The molecule has 3 rings (SSSR count). The SMILES string of the molecule is COc1ccc(Cl)cc1NC(=O)CCNc1c(C)nc2cnccn12. The van der Waals surface area contributed by atoms with Gasteiger partial charge in [-0.15, -0.1) is 0 Å². The predicted molar refractivity (Wildman–Crippen MR) is 97.5 cm³/mol. The average Bonchev–Trinajstić information content (AvgIpc) is 2.91. The van der Waals surface area contributed by atoms with Crippen LogP contribution in [0, 0.1) is 6.92 Å². The molecule has 2 aromatic heterocycles. The average molecular weight is 360 g/mol. The molecule has 0 spiro atoms. The second-order valence-corrected chi connectivity index (χ2v) is 5.86. The fourth-order valence-corrected chi connectivity index (χ4v) is 2.69. The lowest BCUT2D eigenvalue weighted by Crippen LogP contribution is -2.17. The van der Waals surface area contributed by atoms with Gasteiger partial charge in [0.05, 0.1) is 24.7 Å². The first-order valence-corrected chi connectivity index (χ1v) is 8.12. The van der Waals surface area contributed by atoms with Gasteiger partial charge in [-0.25, -0.2) is 4.98 Å². The number of imidazole rings is 1. The predicted octanol–water partition coefficient (Wildman–Crippen LogP) is 3.14. The van der Waals surface area contributed by atoms with E-state index in [1.807, 2.05) is 17.5 Å². The number of carbonyl (C=O) groups is 1. The van der Waals surface area contributed by atoms with Crippen LogP contribution < -0.4 is 15.4 Å². The molecule has 0 aliphatic rings. The van der Waals surface area contributed by atoms with E-state index in [9.17, 15) is 4.79 Å². The van der Waals surface area contributed by atoms with Gasteiger partial charge in [-0.3, -0.25) is 14.2 Å². The van der Waals surface area contributed by atoms with Gasteiger partial charge in [-0.05, 0) is 25.1 Å². The summed E-state index contributed by atoms with van der Waals surface area (Å²) >= 11 is 5.97. The number of halogens is 1. The maximum atomic E-state index is 12.2. The number of carbonyl (C=O) groups excluding carboxylic acids is 1. The summed E-state index contributed by atoms with van der Waals surface area (Å²) in [4.78, 5) is 20.7. The van der Waals surface area contributed by atoms with Crippen molar-refractivity contribution in [2.45, 2.75) is 13.3 Å². The molecule has 1 aromatic carbocycles. The highest BCUT2D eigenvalue weighted by Gasteiger charge is 2.11. The van der Waals surface area contributed by atoms with Crippen LogP contribution in [0.25, 0.3) is 5.65 Å². The monoisotopic (exact) mass is 359 g/mol. The van der Waals surface area contributed by atoms with Gasteiger partial charge >= 0.3 is 0 Å². The smallest absolute Gasteiger partial charge is 0.226 e. The molecule has 3 aromatic rings. The number of methoxy groups -OCH3 is 1. The topological polar surface area (TPSA) is 80.5 Å². The minimum Gasteiger partial charge on any atom is -0.495 e. The van der Waals surface area contributed by atoms with Crippen molar-refractivity contribution in [3.8, 4) is 5.75 Å². The fraction of sp³-hybridized carbons (Fsp3) is 0.235. The summed E-state index contributed by atoms with van der Waals surface area (Å²) in [5.41, 5.74) is 2.16. The highest BCUT2D eigenvalue weighted by atomic mass is 35.5. The van der Waals surface area contributed by atoms with Crippen LogP contribution in [0.15, 0.2) is 36.8 Å². The zero-order valence-corrected chi connectivity index (χ0v) is 14.7. The van der Waals surface area contributed by atoms with Crippen molar-refractivity contribution in [1.82, 2.24) is 14.4 Å². The molecule has 0 saturated carbocycles. The summed E-state index contributed by atoms with van der Waals surface area (Å²) in [5, 5.41) is 6.59. The molecule has 7 nitrogen and oxygen atoms in total. The zero-order chi connectivity index (χ0) is 17.8. The lowest BCUT2D eigenvalue weighted by Gasteiger charge is -2.11. The number of aryl methyl sites for hydroxylation is 1. The highest BCUT2D eigenvalue weighted by molar-refractivity contribution is 6.31. The molecule has 0 atom stereocenters. The molecule has 2 heterocycles. The molecule has 130 valence electrons. The van der Waals surface area contributed by atoms with E-state index in [-0.39, 0.29) is 12.3 Å². The Kier molecular flexibility index (Phi) is 5.04. The maximum absolute atomic E-state index is 12.2. The summed E-state index contributed by atoms with van der Waals surface area (Å²) in [7, 11) is 1.54. The molecule has 0 radical (unpaired) electrons. The molecule has 25 heavy (non-hydrogen) atoms. The van der Waals surface area contributed by atoms with Crippen molar-refractivity contribution in [2.75, 3.05) is 24.3 Å². The zero-order valence-electron chi connectivity index (χ0n) is 13.9. The Balaban J connectivity index is 1.61. The van der Waals surface area contributed by atoms with Gasteiger partial charge in [0, 0.05) is 30.4 Å². The number of amides is 1. The third-order valence-corrected chi connectivity index (χ3v) is 3.92. The van der Waals surface area contributed by atoms with Crippen LogP contribution in [0.3, 0.4) is 0 Å². The van der Waals surface area contributed by atoms with E-state index in [0.29, 0.717) is 23.0 Å². The number of ether oxygens (including phenoxy) is 1. The van der Waals surface area contributed by atoms with Crippen molar-refractivity contribution in [3.05, 3.63) is 47.5 Å². The molecule has 0 saturated heterocycles. The van der Waals surface area contributed by atoms with Gasteiger partial charge in [0.2, 0.25) is 5.91 Å². The quantitative estimate of drug-likeness (QED) is 0.706. The summed E-state index contributed by atoms with van der Waals surface area (Å²) in [5.74, 6) is 1.28. The Morgan fingerprint density at radius 2 is 2.24 bits per heavy atom. The number of nitrogens with one attached hydrogen (secondary N) is 2. The van der Waals surface area contributed by atoms with Gasteiger partial charge in [-0.2, -0.15) is 0 Å². The maximum Gasteiger partial charge on any atom is 0.226 e. The van der Waals surface area contributed by atoms with E-state index in [0.717, 1.165) is 17.2 Å². The third-order valence-electron chi connectivity index (χ3n) is 3.68. The molecular formula is C17H18ClN5O2. The highest BCUT2D eigenvalue weighted by Crippen LogP contribution is 2.27. The summed E-state index contributed by atoms with van der Waals surface area (Å²) in [6.07, 6.45) is 5.50. The Hall–Kier alpha value is -2.80. The molecule has 0 fully saturated rings. The number of hydrogen-bond acceptors (Lipinski definition) is 5. The van der Waals surface area contributed by atoms with Gasteiger partial charge < -0.3 is 15.4 Å². The number of benzene rings is 1. The molecular weight excluding hydrogens is 342 g/mol. The minimum atomic E-state index is -0.138. The van der Waals surface area contributed by atoms with Crippen molar-refractivity contribution in [3.63, 3.8) is 0 Å². The van der Waals surface area contributed by atoms with E-state index in [1.165, 1.54) is 0 Å². The third kappa shape index (κ3) is 3.83. The van der Waals surface area contributed by atoms with Crippen molar-refractivity contribution >= 4 is 34.7 Å². The van der Waals surface area contributed by atoms with Crippen LogP contribution in [0.4, 0.5) is 11.5 Å². The van der Waals surface area contributed by atoms with Gasteiger partial charge in [-0.1, -0.05) is 11.6 Å². The van der Waals surface area contributed by atoms with Gasteiger partial charge in [0.25, 0.3) is 0 Å². The Bertz CT molecular complexity index is 909. The van der Waals surface area contributed by atoms with E-state index in [1.54, 1.807) is 37.7 Å². The fourth-order valence-electron chi connectivity index (χ4n) is 2.52. The number of anilines is 2. The first kappa shape index (κ1) is 17.0. The van der Waals surface area contributed by atoms with E-state index in [2.05, 4.69) is 20.6 Å². The number of fused-ring (bicyclic) bond motifs is 1. The van der Waals surface area contributed by atoms with E-state index < -0.39 is 0 Å². The largest absolute Gasteiger partial charge is 0.495 e. The molecule has 8 heteroatoms. The van der Waals surface area contributed by atoms with Crippen molar-refractivity contribution in [2.24, 2.45) is 0 Å². The lowest BCUT2D eigenvalue weighted by atomic mass is 10.2. The van der Waals surface area contributed by atoms with Gasteiger partial charge in [0.15, 0.2) is 5.65 Å². The second kappa shape index (κ2) is 7.40. The molecule has 2 N–H and O–H groups in total. The van der Waals surface area contributed by atoms with Crippen LogP contribution in [0.5, 0.6) is 5.75 Å². The molecule has 0 aliphatic carbocycles. The number of hydrogen-bond donors (Lipinski definition) is 2. The number of aromatic nitrogens is 3. The first-order valence-electron chi connectivity index (χ1n) is 7.74. The number of nitrogens with zero attached hydrogens (tertiary/aromatic N) is 3. The van der Waals surface area contributed by atoms with Crippen LogP contribution in [0.1, 0.15) is 12.1 Å². The van der Waals surface area contributed by atoms with Crippen LogP contribution in [-0.2, 0) is 4.79 Å². The Morgan fingerprint density at radius 1 is 1.40 bits per heavy atom. The van der Waals surface area contributed by atoms with E-state index in [4.69, 9.17) is 16.3 Å². The number of rotatable bonds is 6. The van der Waals surface area contributed by atoms with Crippen LogP contribution in [0.2, 0.25) is 5.02 Å². The van der Waals surface area contributed by atoms with Crippen LogP contribution in [-0.4, -0.2) is 33.9 Å². The van der Waals surface area contributed by atoms with Gasteiger partial charge in [0.1, 0.15) is 11.6 Å². The molecule has 1 amide bonds. The minimum absolute atomic E-state index is 0.138. The van der Waals surface area contributed by atoms with Crippen LogP contribution >= 0.6 is 11.6 Å². The normalized spacial score (nSPS) is 10.7. The molecule has 0 unspecified atom stereocenters. The van der Waals surface area contributed by atoms with E-state index >= 15 is 0 Å². The molecule has 0 aliphatic heterocycles. The summed E-state index contributed by atoms with van der Waals surface area (Å²) in [6, 6.07) is 5.08. The lowest BCUT2D eigenvalue weighted by molar-refractivity contribution is -0.116. The Morgan fingerprint density at radius 3 is 3.04 bits per heavy atom. The second-order valence-electron chi connectivity index (χ2n) is 5.42. The Labute approximate surface area is 150 Å². The first-order chi connectivity index (χ1) is 12.1. The molecule has 0 bridgehead atoms. The summed E-state index contributed by atoms with van der Waals surface area (Å²) in [6.45, 7) is 2.37. The van der Waals surface area contributed by atoms with Crippen molar-refractivity contribution < 1.29 is 9.53 Å². The van der Waals surface area contributed by atoms with Crippen molar-refractivity contribution in [1.29, 1.82) is 0 Å². The summed E-state index contributed by atoms with van der Waals surface area (Å²) < 4.78 is 7.13.